The molecule has 5 nitrogen and oxygen atoms in total. The molecule has 0 saturated carbocycles. The highest BCUT2D eigenvalue weighted by molar-refractivity contribution is 7.15. The lowest BCUT2D eigenvalue weighted by molar-refractivity contribution is -0.139. The van der Waals surface area contributed by atoms with Crippen LogP contribution in [0.3, 0.4) is 0 Å². The molecule has 0 aliphatic heterocycles. The van der Waals surface area contributed by atoms with E-state index < -0.39 is 23.5 Å². The van der Waals surface area contributed by atoms with Crippen LogP contribution < -0.4 is 0 Å². The van der Waals surface area contributed by atoms with Crippen LogP contribution in [0.4, 0.5) is 17.6 Å². The van der Waals surface area contributed by atoms with Gasteiger partial charge in [0.1, 0.15) is 10.8 Å². The average molecular weight is 413 g/mol. The third-order valence-corrected chi connectivity index (χ3v) is 4.93. The van der Waals surface area contributed by atoms with Crippen LogP contribution in [-0.4, -0.2) is 27.3 Å². The Hall–Kier alpha value is -2.75. The number of aromatic nitrogens is 3. The van der Waals surface area contributed by atoms with Crippen LogP contribution in [-0.2, 0) is 17.5 Å². The molecule has 0 fully saturated rings. The smallest absolute Gasteiger partial charge is 0.419 e. The van der Waals surface area contributed by atoms with Crippen molar-refractivity contribution in [3.63, 3.8) is 0 Å². The first-order valence-corrected chi connectivity index (χ1v) is 9.04. The second kappa shape index (κ2) is 7.70. The number of carbonyl (C=O) groups excluding carboxylic acids is 1. The third kappa shape index (κ3) is 4.06. The van der Waals surface area contributed by atoms with Crippen molar-refractivity contribution in [2.45, 2.75) is 26.6 Å². The molecule has 0 aliphatic rings. The Bertz CT molecular complexity index is 1010. The van der Waals surface area contributed by atoms with Crippen LogP contribution in [0.5, 0.6) is 0 Å². The molecule has 28 heavy (non-hydrogen) atoms. The molecule has 0 N–H and O–H groups in total. The van der Waals surface area contributed by atoms with Crippen LogP contribution in [0.15, 0.2) is 30.6 Å². The number of hydrogen-bond donors (Lipinski definition) is 0. The second-order valence-electron chi connectivity index (χ2n) is 5.83. The van der Waals surface area contributed by atoms with E-state index in [1.807, 2.05) is 0 Å². The minimum Gasteiger partial charge on any atom is -0.462 e. The molecule has 3 aromatic rings. The van der Waals surface area contributed by atoms with Crippen molar-refractivity contribution in [2.75, 3.05) is 6.61 Å². The van der Waals surface area contributed by atoms with E-state index in [-0.39, 0.29) is 29.3 Å². The predicted octanol–water partition coefficient (Wildman–Crippen LogP) is 4.70. The van der Waals surface area contributed by atoms with Gasteiger partial charge in [0.2, 0.25) is 0 Å². The van der Waals surface area contributed by atoms with E-state index in [4.69, 9.17) is 4.74 Å². The summed E-state index contributed by atoms with van der Waals surface area (Å²) in [4.78, 5) is 16.7. The van der Waals surface area contributed by atoms with E-state index in [1.54, 1.807) is 13.8 Å². The van der Waals surface area contributed by atoms with Gasteiger partial charge in [-0.1, -0.05) is 6.07 Å². The summed E-state index contributed by atoms with van der Waals surface area (Å²) >= 11 is 1.09. The zero-order valence-corrected chi connectivity index (χ0v) is 15.7. The molecule has 0 saturated heterocycles. The molecular weight excluding hydrogens is 398 g/mol. The fourth-order valence-electron chi connectivity index (χ4n) is 2.53. The maximum atomic E-state index is 14.4. The molecule has 0 amide bonds. The number of halogens is 4. The molecule has 2 heterocycles. The molecule has 0 atom stereocenters. The molecule has 148 valence electrons. The van der Waals surface area contributed by atoms with Crippen LogP contribution in [0.2, 0.25) is 0 Å². The quantitative estimate of drug-likeness (QED) is 0.450. The normalized spacial score (nSPS) is 11.6. The molecule has 0 unspecified atom stereocenters. The number of hydrogen-bond acceptors (Lipinski definition) is 5. The minimum absolute atomic E-state index is 0.147. The summed E-state index contributed by atoms with van der Waals surface area (Å²) in [7, 11) is 0. The molecule has 2 aromatic heterocycles. The van der Waals surface area contributed by atoms with Gasteiger partial charge in [0.05, 0.1) is 36.2 Å². The van der Waals surface area contributed by atoms with Gasteiger partial charge >= 0.3 is 12.1 Å². The van der Waals surface area contributed by atoms with Crippen LogP contribution >= 0.6 is 11.3 Å². The monoisotopic (exact) mass is 413 g/mol. The van der Waals surface area contributed by atoms with Gasteiger partial charge in [-0.3, -0.25) is 4.68 Å². The highest BCUT2D eigenvalue weighted by Gasteiger charge is 2.35. The second-order valence-corrected chi connectivity index (χ2v) is 7.04. The Balaban J connectivity index is 1.88. The summed E-state index contributed by atoms with van der Waals surface area (Å²) in [5.41, 5.74) is -0.735. The Kier molecular flexibility index (Phi) is 5.50. The lowest BCUT2D eigenvalue weighted by atomic mass is 10.1. The Morgan fingerprint density at radius 1 is 1.32 bits per heavy atom. The van der Waals surface area contributed by atoms with E-state index in [2.05, 4.69) is 10.1 Å². The van der Waals surface area contributed by atoms with Crippen LogP contribution in [0.1, 0.15) is 33.4 Å². The van der Waals surface area contributed by atoms with Crippen molar-refractivity contribution in [1.29, 1.82) is 0 Å². The van der Waals surface area contributed by atoms with Gasteiger partial charge in [-0.05, 0) is 26.0 Å². The number of alkyl halides is 3. The maximum Gasteiger partial charge on any atom is 0.419 e. The Morgan fingerprint density at radius 2 is 2.07 bits per heavy atom. The fourth-order valence-corrected chi connectivity index (χ4v) is 3.47. The van der Waals surface area contributed by atoms with E-state index in [9.17, 15) is 22.4 Å². The molecular formula is C18H15F4N3O2S. The minimum atomic E-state index is -4.78. The van der Waals surface area contributed by atoms with Crippen LogP contribution in [0, 0.1) is 12.7 Å². The zero-order valence-electron chi connectivity index (χ0n) is 14.9. The van der Waals surface area contributed by atoms with E-state index in [0.29, 0.717) is 16.6 Å². The van der Waals surface area contributed by atoms with Gasteiger partial charge in [-0.25, -0.2) is 14.2 Å². The summed E-state index contributed by atoms with van der Waals surface area (Å²) in [6, 6.07) is 3.11. The van der Waals surface area contributed by atoms with Gasteiger partial charge < -0.3 is 4.74 Å². The molecule has 3 rings (SSSR count). The lowest BCUT2D eigenvalue weighted by Crippen LogP contribution is -2.08. The van der Waals surface area contributed by atoms with Crippen molar-refractivity contribution >= 4 is 17.3 Å². The number of benzene rings is 1. The maximum absolute atomic E-state index is 14.4. The van der Waals surface area contributed by atoms with Crippen molar-refractivity contribution in [1.82, 2.24) is 14.8 Å². The fraction of sp³-hybridized carbons (Fsp3) is 0.278. The Morgan fingerprint density at radius 3 is 2.75 bits per heavy atom. The topological polar surface area (TPSA) is 57.0 Å². The molecule has 0 aliphatic carbocycles. The van der Waals surface area contributed by atoms with E-state index in [0.717, 1.165) is 17.4 Å². The number of nitrogens with zero attached hydrogens (tertiary/aromatic N) is 3. The summed E-state index contributed by atoms with van der Waals surface area (Å²) in [6.07, 6.45) is -1.94. The molecule has 0 spiro atoms. The van der Waals surface area contributed by atoms with Gasteiger partial charge in [-0.15, -0.1) is 11.3 Å². The van der Waals surface area contributed by atoms with Gasteiger partial charge in [0.15, 0.2) is 0 Å². The van der Waals surface area contributed by atoms with Gasteiger partial charge in [0, 0.05) is 16.6 Å². The first-order valence-electron chi connectivity index (χ1n) is 8.22. The molecule has 0 bridgehead atoms. The number of carbonyl (C=O) groups is 1. The highest BCUT2D eigenvalue weighted by Crippen LogP contribution is 2.37. The van der Waals surface area contributed by atoms with E-state index in [1.165, 1.54) is 23.1 Å². The van der Waals surface area contributed by atoms with Gasteiger partial charge in [-0.2, -0.15) is 18.3 Å². The SMILES string of the molecule is CCOC(=O)c1cnn(Cc2nc(-c3cccc(C(F)(F)F)c3F)sc2C)c1. The summed E-state index contributed by atoms with van der Waals surface area (Å²) in [6.45, 7) is 3.84. The Labute approximate surface area is 161 Å². The molecule has 0 radical (unpaired) electrons. The van der Waals surface area contributed by atoms with Gasteiger partial charge in [0.25, 0.3) is 0 Å². The standard InChI is InChI=1S/C18H15F4N3O2S/c1-3-27-17(26)11-7-23-25(8-11)9-14-10(2)28-16(24-14)12-5-4-6-13(15(12)19)18(20,21)22/h4-8H,3,9H2,1-2H3. The lowest BCUT2D eigenvalue weighted by Gasteiger charge is -2.09. The number of rotatable bonds is 5. The summed E-state index contributed by atoms with van der Waals surface area (Å²) in [5.74, 6) is -1.85. The van der Waals surface area contributed by atoms with E-state index >= 15 is 0 Å². The average Bonchev–Trinajstić information content (AvgIpc) is 3.22. The number of thiazole rings is 1. The number of aryl methyl sites for hydroxylation is 1. The van der Waals surface area contributed by atoms with Crippen molar-refractivity contribution in [3.05, 3.63) is 58.1 Å². The van der Waals surface area contributed by atoms with Crippen molar-refractivity contribution in [2.24, 2.45) is 0 Å². The first-order chi connectivity index (χ1) is 13.2. The predicted molar refractivity (Wildman–Crippen MR) is 94.5 cm³/mol. The zero-order chi connectivity index (χ0) is 20.5. The highest BCUT2D eigenvalue weighted by atomic mass is 32.1. The van der Waals surface area contributed by atoms with Crippen molar-refractivity contribution in [3.8, 4) is 10.6 Å². The largest absolute Gasteiger partial charge is 0.462 e. The van der Waals surface area contributed by atoms with Crippen molar-refractivity contribution < 1.29 is 27.1 Å². The summed E-state index contributed by atoms with van der Waals surface area (Å²) in [5, 5.41) is 4.21. The summed E-state index contributed by atoms with van der Waals surface area (Å²) < 4.78 is 59.5. The number of esters is 1. The molecule has 1 aromatic carbocycles. The third-order valence-electron chi connectivity index (χ3n) is 3.88. The number of ether oxygens (including phenoxy) is 1. The molecule has 10 heteroatoms. The first kappa shape index (κ1) is 20.0. The van der Waals surface area contributed by atoms with Crippen LogP contribution in [0.25, 0.3) is 10.6 Å².